The maximum atomic E-state index is 11.5. The summed E-state index contributed by atoms with van der Waals surface area (Å²) in [6, 6.07) is 4.75. The van der Waals surface area contributed by atoms with Gasteiger partial charge in [-0.15, -0.1) is 0 Å². The summed E-state index contributed by atoms with van der Waals surface area (Å²) in [7, 11) is 3.01. The Hall–Kier alpha value is -1.95. The van der Waals surface area contributed by atoms with Gasteiger partial charge in [-0.05, 0) is 12.1 Å². The predicted molar refractivity (Wildman–Crippen MR) is 63.7 cm³/mol. The topological polar surface area (TPSA) is 79.8 Å². The number of urea groups is 1. The van der Waals surface area contributed by atoms with Crippen LogP contribution < -0.4 is 20.1 Å². The number of carbonyl (C=O) groups is 1. The minimum absolute atomic E-state index is 0.115. The zero-order valence-electron chi connectivity index (χ0n) is 9.82. The number of hydrogen-bond acceptors (Lipinski definition) is 4. The fourth-order valence-corrected chi connectivity index (χ4v) is 1.30. The minimum atomic E-state index is -0.429. The Labute approximate surface area is 99.5 Å². The first-order valence-electron chi connectivity index (χ1n) is 5.09. The van der Waals surface area contributed by atoms with Crippen molar-refractivity contribution >= 4 is 11.7 Å². The average molecular weight is 240 g/mol. The van der Waals surface area contributed by atoms with Crippen LogP contribution in [0.1, 0.15) is 0 Å². The van der Waals surface area contributed by atoms with Gasteiger partial charge >= 0.3 is 6.03 Å². The fraction of sp³-hybridized carbons (Fsp3) is 0.364. The zero-order valence-corrected chi connectivity index (χ0v) is 9.82. The Morgan fingerprint density at radius 2 is 1.88 bits per heavy atom. The van der Waals surface area contributed by atoms with Crippen molar-refractivity contribution in [3.8, 4) is 11.5 Å². The number of nitrogens with one attached hydrogen (secondary N) is 2. The van der Waals surface area contributed by atoms with Crippen molar-refractivity contribution in [1.82, 2.24) is 5.32 Å². The molecule has 0 saturated heterocycles. The Kier molecular flexibility index (Phi) is 5.09. The Balaban J connectivity index is 2.83. The third kappa shape index (κ3) is 3.53. The summed E-state index contributed by atoms with van der Waals surface area (Å²) < 4.78 is 10.2. The summed E-state index contributed by atoms with van der Waals surface area (Å²) in [5.74, 6) is 1.01. The Morgan fingerprint density at radius 1 is 1.29 bits per heavy atom. The second kappa shape index (κ2) is 6.59. The fourth-order valence-electron chi connectivity index (χ4n) is 1.30. The summed E-state index contributed by atoms with van der Waals surface area (Å²) in [4.78, 5) is 11.5. The Morgan fingerprint density at radius 3 is 2.35 bits per heavy atom. The maximum Gasteiger partial charge on any atom is 0.319 e. The molecular formula is C11H16N2O4. The molecule has 1 aromatic rings. The van der Waals surface area contributed by atoms with E-state index in [1.54, 1.807) is 18.2 Å². The molecule has 0 atom stereocenters. The molecule has 3 N–H and O–H groups in total. The first kappa shape index (κ1) is 13.1. The lowest BCUT2D eigenvalue weighted by Crippen LogP contribution is -2.31. The molecule has 6 nitrogen and oxygen atoms in total. The van der Waals surface area contributed by atoms with Gasteiger partial charge in [0.1, 0.15) is 17.2 Å². The van der Waals surface area contributed by atoms with Crippen LogP contribution in [0, 0.1) is 0 Å². The van der Waals surface area contributed by atoms with E-state index in [1.807, 2.05) is 0 Å². The number of carbonyl (C=O) groups excluding carboxylic acids is 1. The normalized spacial score (nSPS) is 9.59. The first-order valence-corrected chi connectivity index (χ1v) is 5.09. The molecule has 94 valence electrons. The summed E-state index contributed by atoms with van der Waals surface area (Å²) in [6.07, 6.45) is 0. The summed E-state index contributed by atoms with van der Waals surface area (Å²) in [6.45, 7) is 0.0692. The molecule has 0 aliphatic carbocycles. The summed E-state index contributed by atoms with van der Waals surface area (Å²) >= 11 is 0. The van der Waals surface area contributed by atoms with Gasteiger partial charge < -0.3 is 25.2 Å². The molecule has 0 aliphatic heterocycles. The molecule has 0 aliphatic rings. The van der Waals surface area contributed by atoms with Crippen LogP contribution in [0.25, 0.3) is 0 Å². The van der Waals surface area contributed by atoms with Gasteiger partial charge in [0.05, 0.1) is 20.8 Å². The van der Waals surface area contributed by atoms with Crippen molar-refractivity contribution < 1.29 is 19.4 Å². The van der Waals surface area contributed by atoms with Gasteiger partial charge in [-0.1, -0.05) is 6.07 Å². The average Bonchev–Trinajstić information content (AvgIpc) is 2.36. The van der Waals surface area contributed by atoms with Crippen molar-refractivity contribution in [2.75, 3.05) is 32.7 Å². The van der Waals surface area contributed by atoms with Crippen molar-refractivity contribution in [3.05, 3.63) is 18.2 Å². The molecular weight excluding hydrogens is 224 g/mol. The van der Waals surface area contributed by atoms with Crippen LogP contribution in [0.15, 0.2) is 18.2 Å². The molecule has 6 heteroatoms. The van der Waals surface area contributed by atoms with E-state index in [-0.39, 0.29) is 13.2 Å². The lowest BCUT2D eigenvalue weighted by molar-refractivity contribution is 0.244. The third-order valence-electron chi connectivity index (χ3n) is 2.06. The quantitative estimate of drug-likeness (QED) is 0.711. The molecule has 17 heavy (non-hydrogen) atoms. The standard InChI is InChI=1S/C11H16N2O4/c1-16-8-4-3-5-9(17-2)10(8)13-11(15)12-6-7-14/h3-5,14H,6-7H2,1-2H3,(H2,12,13,15). The molecule has 0 radical (unpaired) electrons. The maximum absolute atomic E-state index is 11.5. The van der Waals surface area contributed by atoms with Crippen LogP contribution in [-0.4, -0.2) is 38.5 Å². The van der Waals surface area contributed by atoms with Crippen molar-refractivity contribution in [2.45, 2.75) is 0 Å². The second-order valence-corrected chi connectivity index (χ2v) is 3.14. The molecule has 0 aromatic heterocycles. The van der Waals surface area contributed by atoms with E-state index in [1.165, 1.54) is 14.2 Å². The van der Waals surface area contributed by atoms with Crippen molar-refractivity contribution in [1.29, 1.82) is 0 Å². The Bertz CT molecular complexity index is 359. The molecule has 0 heterocycles. The van der Waals surface area contributed by atoms with Crippen LogP contribution in [0.2, 0.25) is 0 Å². The number of para-hydroxylation sites is 1. The molecule has 0 bridgehead atoms. The number of amides is 2. The van der Waals surface area contributed by atoms with E-state index in [9.17, 15) is 4.79 Å². The molecule has 0 unspecified atom stereocenters. The number of methoxy groups -OCH3 is 2. The number of aliphatic hydroxyl groups is 1. The molecule has 1 aromatic carbocycles. The van der Waals surface area contributed by atoms with Crippen molar-refractivity contribution in [3.63, 3.8) is 0 Å². The highest BCUT2D eigenvalue weighted by Gasteiger charge is 2.12. The number of hydrogen-bond donors (Lipinski definition) is 3. The van der Waals surface area contributed by atoms with Gasteiger partial charge in [-0.2, -0.15) is 0 Å². The predicted octanol–water partition coefficient (Wildman–Crippen LogP) is 0.818. The summed E-state index contributed by atoms with van der Waals surface area (Å²) in [5.41, 5.74) is 0.452. The lowest BCUT2D eigenvalue weighted by atomic mass is 10.2. The second-order valence-electron chi connectivity index (χ2n) is 3.14. The number of aliphatic hydroxyl groups excluding tert-OH is 1. The van der Waals surface area contributed by atoms with Crippen molar-refractivity contribution in [2.24, 2.45) is 0 Å². The SMILES string of the molecule is COc1cccc(OC)c1NC(=O)NCCO. The van der Waals surface area contributed by atoms with Crippen LogP contribution in [0.5, 0.6) is 11.5 Å². The zero-order chi connectivity index (χ0) is 12.7. The first-order chi connectivity index (χ1) is 8.22. The van der Waals surface area contributed by atoms with Gasteiger partial charge in [0.2, 0.25) is 0 Å². The van der Waals surface area contributed by atoms with E-state index in [2.05, 4.69) is 10.6 Å². The lowest BCUT2D eigenvalue weighted by Gasteiger charge is -2.14. The highest BCUT2D eigenvalue weighted by atomic mass is 16.5. The van der Waals surface area contributed by atoms with Gasteiger partial charge in [-0.3, -0.25) is 0 Å². The van der Waals surface area contributed by atoms with Gasteiger partial charge in [-0.25, -0.2) is 4.79 Å². The van der Waals surface area contributed by atoms with E-state index in [4.69, 9.17) is 14.6 Å². The molecule has 2 amide bonds. The van der Waals surface area contributed by atoms with Crippen LogP contribution in [0.3, 0.4) is 0 Å². The van der Waals surface area contributed by atoms with E-state index < -0.39 is 6.03 Å². The number of anilines is 1. The van der Waals surface area contributed by atoms with E-state index in [0.717, 1.165) is 0 Å². The highest BCUT2D eigenvalue weighted by molar-refractivity contribution is 5.92. The number of rotatable bonds is 5. The molecule has 1 rings (SSSR count). The molecule has 0 saturated carbocycles. The highest BCUT2D eigenvalue weighted by Crippen LogP contribution is 2.33. The third-order valence-corrected chi connectivity index (χ3v) is 2.06. The summed E-state index contributed by atoms with van der Waals surface area (Å²) in [5, 5.41) is 13.7. The van der Waals surface area contributed by atoms with Gasteiger partial charge in [0, 0.05) is 6.54 Å². The largest absolute Gasteiger partial charge is 0.494 e. The molecule has 0 fully saturated rings. The van der Waals surface area contributed by atoms with Crippen LogP contribution >= 0.6 is 0 Å². The van der Waals surface area contributed by atoms with Crippen LogP contribution in [0.4, 0.5) is 10.5 Å². The van der Waals surface area contributed by atoms with E-state index in [0.29, 0.717) is 17.2 Å². The van der Waals surface area contributed by atoms with E-state index >= 15 is 0 Å². The monoisotopic (exact) mass is 240 g/mol. The minimum Gasteiger partial charge on any atom is -0.494 e. The van der Waals surface area contributed by atoms with Gasteiger partial charge in [0.15, 0.2) is 0 Å². The number of ether oxygens (including phenoxy) is 2. The van der Waals surface area contributed by atoms with Crippen LogP contribution in [-0.2, 0) is 0 Å². The smallest absolute Gasteiger partial charge is 0.319 e. The van der Waals surface area contributed by atoms with Gasteiger partial charge in [0.25, 0.3) is 0 Å². The molecule has 0 spiro atoms. The number of benzene rings is 1.